The van der Waals surface area contributed by atoms with Crippen LogP contribution in [0.5, 0.6) is 0 Å². The number of hydrogen-bond acceptors (Lipinski definition) is 5. The van der Waals surface area contributed by atoms with E-state index in [2.05, 4.69) is 4.98 Å². The Kier molecular flexibility index (Phi) is 6.72. The number of esters is 2. The zero-order valence-electron chi connectivity index (χ0n) is 17.4. The van der Waals surface area contributed by atoms with Crippen molar-refractivity contribution in [3.8, 4) is 11.1 Å². The molecule has 156 valence electrons. The number of benzene rings is 1. The largest absolute Gasteiger partial charge is 0.465 e. The molecule has 29 heavy (non-hydrogen) atoms. The van der Waals surface area contributed by atoms with Crippen LogP contribution in [0.3, 0.4) is 0 Å². The van der Waals surface area contributed by atoms with Gasteiger partial charge in [0, 0.05) is 12.3 Å². The molecule has 0 N–H and O–H groups in total. The van der Waals surface area contributed by atoms with Crippen molar-refractivity contribution >= 4 is 11.9 Å². The lowest BCUT2D eigenvalue weighted by molar-refractivity contribution is -0.153. The molecule has 2 rings (SSSR count). The summed E-state index contributed by atoms with van der Waals surface area (Å²) in [5.41, 5.74) is 0.237. The van der Waals surface area contributed by atoms with E-state index in [1.807, 2.05) is 0 Å². The Hall–Kier alpha value is -2.83. The lowest BCUT2D eigenvalue weighted by Gasteiger charge is -2.23. The number of hydrogen-bond donors (Lipinski definition) is 0. The van der Waals surface area contributed by atoms with Gasteiger partial charge < -0.3 is 9.47 Å². The van der Waals surface area contributed by atoms with Crippen molar-refractivity contribution in [3.05, 3.63) is 52.9 Å². The Labute approximate surface area is 169 Å². The average molecular weight is 405 g/mol. The minimum absolute atomic E-state index is 0.186. The van der Waals surface area contributed by atoms with Crippen LogP contribution in [0.1, 0.15) is 62.0 Å². The summed E-state index contributed by atoms with van der Waals surface area (Å²) in [7, 11) is 1.15. The third kappa shape index (κ3) is 5.37. The first-order valence-corrected chi connectivity index (χ1v) is 9.22. The highest BCUT2D eigenvalue weighted by Crippen LogP contribution is 2.35. The Morgan fingerprint density at radius 1 is 1.17 bits per heavy atom. The summed E-state index contributed by atoms with van der Waals surface area (Å²) in [6, 6.07) is 3.97. The lowest BCUT2D eigenvalue weighted by Crippen LogP contribution is -2.25. The van der Waals surface area contributed by atoms with Gasteiger partial charge in [-0.15, -0.1) is 0 Å². The van der Waals surface area contributed by atoms with E-state index in [1.54, 1.807) is 34.6 Å². The Morgan fingerprint density at radius 3 is 2.34 bits per heavy atom. The van der Waals surface area contributed by atoms with Gasteiger partial charge in [-0.05, 0) is 61.1 Å². The van der Waals surface area contributed by atoms with Crippen LogP contribution in [0.2, 0.25) is 0 Å². The molecule has 0 unspecified atom stereocenters. The first-order chi connectivity index (χ1) is 13.4. The zero-order chi connectivity index (χ0) is 21.9. The number of carbonyl (C=O) groups excluding carboxylic acids is 2. The number of nitrogens with zero attached hydrogens (tertiary/aromatic N) is 1. The van der Waals surface area contributed by atoms with Gasteiger partial charge in [-0.1, -0.05) is 13.8 Å². The van der Waals surface area contributed by atoms with Gasteiger partial charge in [0.1, 0.15) is 11.4 Å². The van der Waals surface area contributed by atoms with E-state index in [9.17, 15) is 14.0 Å². The van der Waals surface area contributed by atoms with E-state index in [0.717, 1.165) is 13.2 Å². The highest BCUT2D eigenvalue weighted by atomic mass is 19.1. The van der Waals surface area contributed by atoms with Gasteiger partial charge in [-0.2, -0.15) is 4.39 Å². The van der Waals surface area contributed by atoms with Crippen molar-refractivity contribution in [3.63, 3.8) is 0 Å². The van der Waals surface area contributed by atoms with Crippen LogP contribution in [-0.4, -0.2) is 29.6 Å². The van der Waals surface area contributed by atoms with E-state index >= 15 is 4.39 Å². The van der Waals surface area contributed by atoms with Gasteiger partial charge in [0.25, 0.3) is 0 Å². The van der Waals surface area contributed by atoms with Crippen molar-refractivity contribution in [1.29, 1.82) is 0 Å². The topological polar surface area (TPSA) is 65.5 Å². The van der Waals surface area contributed by atoms with E-state index in [-0.39, 0.29) is 23.5 Å². The van der Waals surface area contributed by atoms with Crippen LogP contribution in [0, 0.1) is 11.8 Å². The molecule has 1 aromatic heterocycles. The predicted octanol–water partition coefficient (Wildman–Crippen LogP) is 4.82. The molecule has 5 nitrogen and oxygen atoms in total. The molecule has 0 radical (unpaired) electrons. The number of ether oxygens (including phenoxy) is 2. The first-order valence-electron chi connectivity index (χ1n) is 9.22. The quantitative estimate of drug-likeness (QED) is 0.527. The summed E-state index contributed by atoms with van der Waals surface area (Å²) in [5.74, 6) is -3.27. The molecule has 0 aliphatic heterocycles. The summed E-state index contributed by atoms with van der Waals surface area (Å²) < 4.78 is 39.1. The third-order valence-electron chi connectivity index (χ3n) is 4.17. The van der Waals surface area contributed by atoms with Crippen LogP contribution < -0.4 is 0 Å². The van der Waals surface area contributed by atoms with Crippen molar-refractivity contribution in [2.45, 2.75) is 52.6 Å². The van der Waals surface area contributed by atoms with E-state index in [1.165, 1.54) is 18.3 Å². The van der Waals surface area contributed by atoms with Gasteiger partial charge >= 0.3 is 11.9 Å². The molecule has 0 amide bonds. The minimum atomic E-state index is -0.857. The molecule has 0 aliphatic rings. The zero-order valence-corrected chi connectivity index (χ0v) is 17.4. The number of halogens is 2. The smallest absolute Gasteiger partial charge is 0.340 e. The van der Waals surface area contributed by atoms with Crippen LogP contribution in [0.25, 0.3) is 11.1 Å². The summed E-state index contributed by atoms with van der Waals surface area (Å²) >= 11 is 0. The second-order valence-corrected chi connectivity index (χ2v) is 7.95. The van der Waals surface area contributed by atoms with Crippen molar-refractivity contribution in [1.82, 2.24) is 4.98 Å². The Bertz CT molecular complexity index is 933. The van der Waals surface area contributed by atoms with Crippen LogP contribution >= 0.6 is 0 Å². The SMILES string of the molecule is COC(=O)c1cc(-c2ccnc(F)c2)c(CC(=O)OC(C)(C)C)c(C(C)C)c1F. The fraction of sp³-hybridized carbons (Fsp3) is 0.409. The molecule has 1 aromatic carbocycles. The second kappa shape index (κ2) is 8.68. The van der Waals surface area contributed by atoms with E-state index < -0.39 is 29.3 Å². The molecule has 0 bridgehead atoms. The summed E-state index contributed by atoms with van der Waals surface area (Å²) in [5, 5.41) is 0. The maximum Gasteiger partial charge on any atom is 0.340 e. The van der Waals surface area contributed by atoms with Gasteiger partial charge in [-0.25, -0.2) is 14.2 Å². The van der Waals surface area contributed by atoms with Gasteiger partial charge in [0.15, 0.2) is 0 Å². The Balaban J connectivity index is 2.78. The second-order valence-electron chi connectivity index (χ2n) is 7.95. The molecule has 1 heterocycles. The number of carbonyl (C=O) groups is 2. The molecule has 0 atom stereocenters. The maximum atomic E-state index is 15.2. The molecule has 7 heteroatoms. The minimum Gasteiger partial charge on any atom is -0.465 e. The normalized spacial score (nSPS) is 11.5. The lowest BCUT2D eigenvalue weighted by atomic mass is 9.86. The van der Waals surface area contributed by atoms with Gasteiger partial charge in [0.05, 0.1) is 19.1 Å². The first kappa shape index (κ1) is 22.5. The van der Waals surface area contributed by atoms with E-state index in [4.69, 9.17) is 9.47 Å². The number of methoxy groups -OCH3 is 1. The third-order valence-corrected chi connectivity index (χ3v) is 4.17. The van der Waals surface area contributed by atoms with Crippen LogP contribution in [0.15, 0.2) is 24.4 Å². The molecule has 0 spiro atoms. The fourth-order valence-electron chi connectivity index (χ4n) is 3.12. The van der Waals surface area contributed by atoms with E-state index in [0.29, 0.717) is 16.7 Å². The van der Waals surface area contributed by atoms with Crippen molar-refractivity contribution < 1.29 is 27.8 Å². The Morgan fingerprint density at radius 2 is 1.83 bits per heavy atom. The fourth-order valence-corrected chi connectivity index (χ4v) is 3.12. The summed E-state index contributed by atoms with van der Waals surface area (Å²) in [4.78, 5) is 28.2. The number of aromatic nitrogens is 1. The van der Waals surface area contributed by atoms with Gasteiger partial charge in [0.2, 0.25) is 5.95 Å². The van der Waals surface area contributed by atoms with Crippen LogP contribution in [0.4, 0.5) is 8.78 Å². The molecular weight excluding hydrogens is 380 g/mol. The maximum absolute atomic E-state index is 15.2. The van der Waals surface area contributed by atoms with Gasteiger partial charge in [-0.3, -0.25) is 4.79 Å². The van der Waals surface area contributed by atoms with Crippen LogP contribution in [-0.2, 0) is 20.7 Å². The number of pyridine rings is 1. The molecule has 2 aromatic rings. The predicted molar refractivity (Wildman–Crippen MR) is 105 cm³/mol. The molecule has 0 aliphatic carbocycles. The molecule has 0 saturated carbocycles. The molecule has 0 fully saturated rings. The monoisotopic (exact) mass is 405 g/mol. The average Bonchev–Trinajstić information content (AvgIpc) is 2.59. The summed E-state index contributed by atoms with van der Waals surface area (Å²) in [6.07, 6.45) is 1.03. The van der Waals surface area contributed by atoms with Crippen molar-refractivity contribution in [2.24, 2.45) is 0 Å². The summed E-state index contributed by atoms with van der Waals surface area (Å²) in [6.45, 7) is 8.68. The molecule has 0 saturated heterocycles. The van der Waals surface area contributed by atoms with Crippen molar-refractivity contribution in [2.75, 3.05) is 7.11 Å². The highest BCUT2D eigenvalue weighted by molar-refractivity contribution is 5.93. The highest BCUT2D eigenvalue weighted by Gasteiger charge is 2.27. The molecular formula is C22H25F2NO4. The standard InChI is InChI=1S/C22H25F2NO4/c1-12(2)19-15(11-18(26)29-22(3,4)5)14(13-7-8-25-17(23)9-13)10-16(20(19)24)21(27)28-6/h7-10,12H,11H2,1-6H3. The number of rotatable bonds is 5.